The van der Waals surface area contributed by atoms with Crippen molar-refractivity contribution in [3.63, 3.8) is 0 Å². The normalized spacial score (nSPS) is 12.2. The third-order valence-electron chi connectivity index (χ3n) is 2.88. The van der Waals surface area contributed by atoms with Crippen molar-refractivity contribution in [1.29, 1.82) is 0 Å². The first-order valence-corrected chi connectivity index (χ1v) is 7.43. The maximum absolute atomic E-state index is 13.7. The summed E-state index contributed by atoms with van der Waals surface area (Å²) in [7, 11) is 1.44. The molecule has 0 amide bonds. The lowest BCUT2D eigenvalue weighted by Gasteiger charge is -2.12. The quantitative estimate of drug-likeness (QED) is 0.587. The Balaban J connectivity index is 2.27. The van der Waals surface area contributed by atoms with E-state index in [0.29, 0.717) is 0 Å². The monoisotopic (exact) mass is 296 g/mol. The van der Waals surface area contributed by atoms with Gasteiger partial charge in [-0.15, -0.1) is 23.4 Å². The predicted octanol–water partition coefficient (Wildman–Crippen LogP) is 4.88. The second-order valence-electron chi connectivity index (χ2n) is 4.03. The molecule has 0 aliphatic carbocycles. The minimum absolute atomic E-state index is 0.227. The summed E-state index contributed by atoms with van der Waals surface area (Å²) >= 11 is 8.05. The molecule has 1 unspecified atom stereocenters. The van der Waals surface area contributed by atoms with E-state index < -0.39 is 5.82 Å². The fourth-order valence-electron chi connectivity index (χ4n) is 1.81. The van der Waals surface area contributed by atoms with Crippen LogP contribution in [-0.2, 0) is 0 Å². The summed E-state index contributed by atoms with van der Waals surface area (Å²) in [5.74, 6) is -0.170. The van der Waals surface area contributed by atoms with Gasteiger partial charge in [0.1, 0.15) is 0 Å². The van der Waals surface area contributed by atoms with Gasteiger partial charge in [0, 0.05) is 4.90 Å². The van der Waals surface area contributed by atoms with Crippen molar-refractivity contribution < 1.29 is 9.13 Å². The molecule has 0 aliphatic rings. The van der Waals surface area contributed by atoms with E-state index in [2.05, 4.69) is 0 Å². The summed E-state index contributed by atoms with van der Waals surface area (Å²) in [4.78, 5) is 1.17. The molecule has 19 heavy (non-hydrogen) atoms. The molecule has 0 bridgehead atoms. The SMILES string of the molecule is COc1ccc(C(Cl)c2ccc(SC)cc2)cc1F. The van der Waals surface area contributed by atoms with Crippen LogP contribution in [0.2, 0.25) is 0 Å². The fraction of sp³-hybridized carbons (Fsp3) is 0.200. The summed E-state index contributed by atoms with van der Waals surface area (Å²) in [6, 6.07) is 12.7. The predicted molar refractivity (Wildman–Crippen MR) is 78.9 cm³/mol. The zero-order chi connectivity index (χ0) is 13.8. The minimum Gasteiger partial charge on any atom is -0.494 e. The molecule has 0 spiro atoms. The molecule has 0 saturated heterocycles. The molecular weight excluding hydrogens is 283 g/mol. The van der Waals surface area contributed by atoms with Crippen molar-refractivity contribution in [3.05, 3.63) is 59.4 Å². The van der Waals surface area contributed by atoms with Gasteiger partial charge in [0.2, 0.25) is 0 Å². The third kappa shape index (κ3) is 3.23. The van der Waals surface area contributed by atoms with E-state index in [-0.39, 0.29) is 11.1 Å². The van der Waals surface area contributed by atoms with E-state index in [9.17, 15) is 4.39 Å². The number of alkyl halides is 1. The molecule has 0 fully saturated rings. The van der Waals surface area contributed by atoms with Crippen molar-refractivity contribution in [3.8, 4) is 5.75 Å². The lowest BCUT2D eigenvalue weighted by atomic mass is 10.0. The molecule has 1 atom stereocenters. The Bertz CT molecular complexity index is 557. The molecule has 4 heteroatoms. The van der Waals surface area contributed by atoms with Crippen molar-refractivity contribution in [1.82, 2.24) is 0 Å². The Morgan fingerprint density at radius 3 is 2.26 bits per heavy atom. The van der Waals surface area contributed by atoms with Crippen LogP contribution < -0.4 is 4.74 Å². The molecule has 2 aromatic rings. The summed E-state index contributed by atoms with van der Waals surface area (Å²) in [5, 5.41) is -0.365. The van der Waals surface area contributed by atoms with Gasteiger partial charge in [-0.1, -0.05) is 18.2 Å². The first-order valence-electron chi connectivity index (χ1n) is 5.77. The van der Waals surface area contributed by atoms with Crippen LogP contribution in [0.15, 0.2) is 47.4 Å². The molecule has 1 nitrogen and oxygen atoms in total. The number of hydrogen-bond acceptors (Lipinski definition) is 2. The number of thioether (sulfide) groups is 1. The number of halogens is 2. The molecule has 0 aliphatic heterocycles. The molecule has 2 aromatic carbocycles. The van der Waals surface area contributed by atoms with Crippen LogP contribution in [0.3, 0.4) is 0 Å². The minimum atomic E-state index is -0.397. The van der Waals surface area contributed by atoms with Crippen LogP contribution in [0.4, 0.5) is 4.39 Å². The molecule has 2 rings (SSSR count). The van der Waals surface area contributed by atoms with Gasteiger partial charge in [-0.3, -0.25) is 0 Å². The number of rotatable bonds is 4. The van der Waals surface area contributed by atoms with Crippen LogP contribution in [0.1, 0.15) is 16.5 Å². The highest BCUT2D eigenvalue weighted by atomic mass is 35.5. The smallest absolute Gasteiger partial charge is 0.165 e. The molecule has 100 valence electrons. The third-order valence-corrected chi connectivity index (χ3v) is 4.12. The molecule has 0 aromatic heterocycles. The number of methoxy groups -OCH3 is 1. The van der Waals surface area contributed by atoms with Crippen LogP contribution in [0, 0.1) is 5.82 Å². The zero-order valence-corrected chi connectivity index (χ0v) is 12.3. The number of ether oxygens (including phenoxy) is 1. The van der Waals surface area contributed by atoms with Gasteiger partial charge < -0.3 is 4.74 Å². The summed E-state index contributed by atoms with van der Waals surface area (Å²) < 4.78 is 18.6. The molecule has 0 radical (unpaired) electrons. The van der Waals surface area contributed by atoms with E-state index in [1.165, 1.54) is 18.1 Å². The van der Waals surface area contributed by atoms with Gasteiger partial charge in [-0.25, -0.2) is 4.39 Å². The van der Waals surface area contributed by atoms with Gasteiger partial charge in [-0.2, -0.15) is 0 Å². The highest BCUT2D eigenvalue weighted by molar-refractivity contribution is 7.98. The molecule has 0 heterocycles. The van der Waals surface area contributed by atoms with E-state index >= 15 is 0 Å². The Morgan fingerprint density at radius 2 is 1.74 bits per heavy atom. The van der Waals surface area contributed by atoms with Crippen molar-refractivity contribution in [2.24, 2.45) is 0 Å². The second-order valence-corrected chi connectivity index (χ2v) is 5.35. The number of hydrogen-bond donors (Lipinski definition) is 0. The van der Waals surface area contributed by atoms with Crippen LogP contribution in [0.25, 0.3) is 0 Å². The largest absolute Gasteiger partial charge is 0.494 e. The summed E-state index contributed by atoms with van der Waals surface area (Å²) in [6.45, 7) is 0. The van der Waals surface area contributed by atoms with Gasteiger partial charge in [-0.05, 0) is 41.6 Å². The molecule has 0 saturated carbocycles. The molecule has 0 N–H and O–H groups in total. The number of benzene rings is 2. The van der Waals surface area contributed by atoms with Crippen molar-refractivity contribution in [2.45, 2.75) is 10.3 Å². The Kier molecular flexibility index (Phi) is 4.72. The fourth-order valence-corrected chi connectivity index (χ4v) is 2.50. The second kappa shape index (κ2) is 6.31. The van der Waals surface area contributed by atoms with Gasteiger partial charge >= 0.3 is 0 Å². The summed E-state index contributed by atoms with van der Waals surface area (Å²) in [6.07, 6.45) is 2.02. The summed E-state index contributed by atoms with van der Waals surface area (Å²) in [5.41, 5.74) is 1.67. The first-order chi connectivity index (χ1) is 9.15. The maximum Gasteiger partial charge on any atom is 0.165 e. The molecular formula is C15H14ClFOS. The first kappa shape index (κ1) is 14.2. The average molecular weight is 297 g/mol. The maximum atomic E-state index is 13.7. The van der Waals surface area contributed by atoms with Crippen LogP contribution in [-0.4, -0.2) is 13.4 Å². The Labute approximate surface area is 121 Å². The van der Waals surface area contributed by atoms with E-state index in [1.54, 1.807) is 23.9 Å². The van der Waals surface area contributed by atoms with Crippen molar-refractivity contribution in [2.75, 3.05) is 13.4 Å². The highest BCUT2D eigenvalue weighted by Gasteiger charge is 2.13. The van der Waals surface area contributed by atoms with E-state index in [0.717, 1.165) is 11.1 Å². The zero-order valence-electron chi connectivity index (χ0n) is 10.7. The Hall–Kier alpha value is -1.19. The van der Waals surface area contributed by atoms with Crippen molar-refractivity contribution >= 4 is 23.4 Å². The van der Waals surface area contributed by atoms with Crippen LogP contribution >= 0.6 is 23.4 Å². The van der Waals surface area contributed by atoms with Gasteiger partial charge in [0.05, 0.1) is 12.5 Å². The van der Waals surface area contributed by atoms with Gasteiger partial charge in [0.15, 0.2) is 11.6 Å². The highest BCUT2D eigenvalue weighted by Crippen LogP contribution is 2.32. The van der Waals surface area contributed by atoms with E-state index in [1.807, 2.05) is 30.5 Å². The Morgan fingerprint density at radius 1 is 1.11 bits per heavy atom. The average Bonchev–Trinajstić information content (AvgIpc) is 2.46. The standard InChI is InChI=1S/C15H14ClFOS/c1-18-14-8-5-11(9-13(14)17)15(16)10-3-6-12(19-2)7-4-10/h3-9,15H,1-2H3. The van der Waals surface area contributed by atoms with E-state index in [4.69, 9.17) is 16.3 Å². The lowest BCUT2D eigenvalue weighted by molar-refractivity contribution is 0.386. The topological polar surface area (TPSA) is 9.23 Å². The van der Waals surface area contributed by atoms with Gasteiger partial charge in [0.25, 0.3) is 0 Å². The van der Waals surface area contributed by atoms with Crippen LogP contribution in [0.5, 0.6) is 5.75 Å². The lowest BCUT2D eigenvalue weighted by Crippen LogP contribution is -1.96.